The van der Waals surface area contributed by atoms with Gasteiger partial charge in [-0.15, -0.1) is 0 Å². The minimum Gasteiger partial charge on any atom is -0.333 e. The first-order valence-electron chi connectivity index (χ1n) is 11.6. The summed E-state index contributed by atoms with van der Waals surface area (Å²) in [5, 5.41) is 6.40. The molecule has 2 heterocycles. The summed E-state index contributed by atoms with van der Waals surface area (Å²) < 4.78 is 0. The van der Waals surface area contributed by atoms with Crippen LogP contribution in [0.5, 0.6) is 0 Å². The number of nitrogens with zero attached hydrogens (tertiary/aromatic N) is 4. The summed E-state index contributed by atoms with van der Waals surface area (Å²) in [6, 6.07) is 17.4. The highest BCUT2D eigenvalue weighted by molar-refractivity contribution is 5.89. The van der Waals surface area contributed by atoms with Crippen LogP contribution in [-0.4, -0.2) is 70.0 Å². The fourth-order valence-electron chi connectivity index (χ4n) is 4.39. The number of urea groups is 1. The molecule has 0 unspecified atom stereocenters. The third kappa shape index (κ3) is 5.12. The third-order valence-corrected chi connectivity index (χ3v) is 6.22. The molecule has 2 saturated heterocycles. The smallest absolute Gasteiger partial charge is 0.332 e. The number of amides is 4. The van der Waals surface area contributed by atoms with E-state index in [-0.39, 0.29) is 37.1 Å². The van der Waals surface area contributed by atoms with Gasteiger partial charge in [0.05, 0.1) is 13.1 Å². The first-order valence-corrected chi connectivity index (χ1v) is 11.6. The molecule has 0 radical (unpaired) electrons. The van der Waals surface area contributed by atoms with Crippen LogP contribution in [0.2, 0.25) is 0 Å². The van der Waals surface area contributed by atoms with Gasteiger partial charge in [-0.25, -0.2) is 4.79 Å². The van der Waals surface area contributed by atoms with Gasteiger partial charge in [-0.2, -0.15) is 5.01 Å². The van der Waals surface area contributed by atoms with Crippen LogP contribution >= 0.6 is 0 Å². The van der Waals surface area contributed by atoms with E-state index in [4.69, 9.17) is 0 Å². The number of rotatable bonds is 8. The van der Waals surface area contributed by atoms with Crippen LogP contribution in [0.1, 0.15) is 30.0 Å². The number of hydrogen-bond acceptors (Lipinski definition) is 4. The number of hydrogen-bond donors (Lipinski definition) is 1. The van der Waals surface area contributed by atoms with Crippen LogP contribution < -0.4 is 5.32 Å². The SMILES string of the molecule is C=Cc1ccc(CN2C[C@H]3N(CC2=O)C(=O)CN3N(CCC)C(=O)NCc2ccccc2)cc1. The minimum absolute atomic E-state index is 0.0241. The van der Waals surface area contributed by atoms with Crippen molar-refractivity contribution in [2.45, 2.75) is 32.6 Å². The van der Waals surface area contributed by atoms with Crippen molar-refractivity contribution in [2.24, 2.45) is 0 Å². The van der Waals surface area contributed by atoms with Crippen molar-refractivity contribution in [1.82, 2.24) is 25.1 Å². The van der Waals surface area contributed by atoms with Crippen LogP contribution in [0.4, 0.5) is 4.79 Å². The number of carbonyl (C=O) groups excluding carboxylic acids is 3. The van der Waals surface area contributed by atoms with Crippen molar-refractivity contribution < 1.29 is 14.4 Å². The van der Waals surface area contributed by atoms with Crippen LogP contribution in [-0.2, 0) is 22.7 Å². The van der Waals surface area contributed by atoms with E-state index in [1.165, 1.54) is 0 Å². The molecule has 178 valence electrons. The molecule has 0 saturated carbocycles. The highest BCUT2D eigenvalue weighted by Gasteiger charge is 2.47. The molecule has 0 aromatic heterocycles. The summed E-state index contributed by atoms with van der Waals surface area (Å²) in [5.74, 6) is -0.222. The van der Waals surface area contributed by atoms with Crippen LogP contribution in [0.3, 0.4) is 0 Å². The Balaban J connectivity index is 1.47. The molecule has 1 atom stereocenters. The molecular formula is C26H31N5O3. The zero-order chi connectivity index (χ0) is 24.1. The second kappa shape index (κ2) is 10.5. The van der Waals surface area contributed by atoms with Gasteiger partial charge in [0.15, 0.2) is 0 Å². The lowest BCUT2D eigenvalue weighted by Crippen LogP contribution is -2.62. The van der Waals surface area contributed by atoms with Gasteiger partial charge >= 0.3 is 6.03 Å². The zero-order valence-corrected chi connectivity index (χ0v) is 19.5. The predicted molar refractivity (Wildman–Crippen MR) is 130 cm³/mol. The van der Waals surface area contributed by atoms with E-state index in [0.29, 0.717) is 26.2 Å². The molecule has 2 aromatic rings. The highest BCUT2D eigenvalue weighted by Crippen LogP contribution is 2.25. The van der Waals surface area contributed by atoms with Gasteiger partial charge in [0.2, 0.25) is 11.8 Å². The normalized spacial score (nSPS) is 18.1. The van der Waals surface area contributed by atoms with E-state index in [0.717, 1.165) is 23.1 Å². The van der Waals surface area contributed by atoms with Crippen molar-refractivity contribution in [3.05, 3.63) is 77.9 Å². The molecule has 4 amide bonds. The van der Waals surface area contributed by atoms with Crippen molar-refractivity contribution >= 4 is 23.9 Å². The summed E-state index contributed by atoms with van der Waals surface area (Å²) in [6.07, 6.45) is 2.15. The van der Waals surface area contributed by atoms with Gasteiger partial charge in [-0.3, -0.25) is 14.6 Å². The Hall–Kier alpha value is -3.65. The van der Waals surface area contributed by atoms with E-state index in [1.54, 1.807) is 20.9 Å². The second-order valence-corrected chi connectivity index (χ2v) is 8.59. The number of benzene rings is 2. The van der Waals surface area contributed by atoms with Crippen molar-refractivity contribution in [3.8, 4) is 0 Å². The van der Waals surface area contributed by atoms with Crippen molar-refractivity contribution in [3.63, 3.8) is 0 Å². The average molecular weight is 462 g/mol. The third-order valence-electron chi connectivity index (χ3n) is 6.22. The Morgan fingerprint density at radius 1 is 1.06 bits per heavy atom. The molecule has 0 spiro atoms. The van der Waals surface area contributed by atoms with Crippen molar-refractivity contribution in [1.29, 1.82) is 0 Å². The van der Waals surface area contributed by atoms with E-state index in [9.17, 15) is 14.4 Å². The van der Waals surface area contributed by atoms with Crippen LogP contribution in [0, 0.1) is 0 Å². The molecule has 2 fully saturated rings. The van der Waals surface area contributed by atoms with Gasteiger partial charge in [0.1, 0.15) is 12.7 Å². The summed E-state index contributed by atoms with van der Waals surface area (Å²) in [7, 11) is 0. The monoisotopic (exact) mass is 461 g/mol. The Kier molecular flexibility index (Phi) is 7.27. The van der Waals surface area contributed by atoms with Gasteiger partial charge in [-0.1, -0.05) is 74.2 Å². The number of hydrazine groups is 1. The summed E-state index contributed by atoms with van der Waals surface area (Å²) in [6.45, 7) is 7.56. The fraction of sp³-hybridized carbons (Fsp3) is 0.346. The molecule has 4 rings (SSSR count). The van der Waals surface area contributed by atoms with E-state index >= 15 is 0 Å². The first-order chi connectivity index (χ1) is 16.5. The standard InChI is InChI=1S/C26H31N5O3/c1-3-14-30(26(34)27-15-21-8-6-5-7-9-21)31-19-25(33)29-18-24(32)28(17-23(29)31)16-22-12-10-20(4-2)11-13-22/h4-13,23H,2-3,14-19H2,1H3,(H,27,34)/t23-/m0/s1. The average Bonchev–Trinajstić information content (AvgIpc) is 3.17. The van der Waals surface area contributed by atoms with Gasteiger partial charge < -0.3 is 15.1 Å². The van der Waals surface area contributed by atoms with Crippen LogP contribution in [0.25, 0.3) is 6.08 Å². The maximum absolute atomic E-state index is 13.1. The summed E-state index contributed by atoms with van der Waals surface area (Å²) in [5.41, 5.74) is 3.03. The molecule has 2 aromatic carbocycles. The predicted octanol–water partition coefficient (Wildman–Crippen LogP) is 2.68. The second-order valence-electron chi connectivity index (χ2n) is 8.59. The maximum atomic E-state index is 13.1. The number of fused-ring (bicyclic) bond motifs is 1. The summed E-state index contributed by atoms with van der Waals surface area (Å²) >= 11 is 0. The van der Waals surface area contributed by atoms with Crippen LogP contribution in [0.15, 0.2) is 61.2 Å². The molecule has 8 heteroatoms. The number of carbonyl (C=O) groups is 3. The Labute approximate surface area is 200 Å². The lowest BCUT2D eigenvalue weighted by atomic mass is 10.1. The fourth-order valence-corrected chi connectivity index (χ4v) is 4.39. The Bertz CT molecular complexity index is 1040. The van der Waals surface area contributed by atoms with E-state index < -0.39 is 0 Å². The van der Waals surface area contributed by atoms with Crippen molar-refractivity contribution in [2.75, 3.05) is 26.2 Å². The first kappa shape index (κ1) is 23.5. The highest BCUT2D eigenvalue weighted by atomic mass is 16.2. The lowest BCUT2D eigenvalue weighted by Gasteiger charge is -2.42. The molecule has 0 bridgehead atoms. The number of piperazine rings is 1. The lowest BCUT2D eigenvalue weighted by molar-refractivity contribution is -0.149. The molecular weight excluding hydrogens is 430 g/mol. The molecule has 34 heavy (non-hydrogen) atoms. The molecule has 8 nitrogen and oxygen atoms in total. The van der Waals surface area contributed by atoms with E-state index in [2.05, 4.69) is 11.9 Å². The minimum atomic E-state index is -0.369. The molecule has 2 aliphatic heterocycles. The molecule has 0 aliphatic carbocycles. The summed E-state index contributed by atoms with van der Waals surface area (Å²) in [4.78, 5) is 42.0. The maximum Gasteiger partial charge on any atom is 0.332 e. The zero-order valence-electron chi connectivity index (χ0n) is 19.5. The Morgan fingerprint density at radius 3 is 2.47 bits per heavy atom. The molecule has 1 N–H and O–H groups in total. The Morgan fingerprint density at radius 2 is 1.79 bits per heavy atom. The molecule has 2 aliphatic rings. The van der Waals surface area contributed by atoms with E-state index in [1.807, 2.05) is 66.5 Å². The van der Waals surface area contributed by atoms with Gasteiger partial charge in [0.25, 0.3) is 0 Å². The largest absolute Gasteiger partial charge is 0.333 e. The van der Waals surface area contributed by atoms with Gasteiger partial charge in [-0.05, 0) is 23.1 Å². The topological polar surface area (TPSA) is 76.2 Å². The number of nitrogens with one attached hydrogen (secondary N) is 1. The van der Waals surface area contributed by atoms with Gasteiger partial charge in [0, 0.05) is 19.6 Å². The quantitative estimate of drug-likeness (QED) is 0.656.